The first kappa shape index (κ1) is 13.7. The molecule has 1 aliphatic heterocycles. The number of carbonyl (C=O) groups is 1. The summed E-state index contributed by atoms with van der Waals surface area (Å²) in [5.74, 6) is 0.301. The Bertz CT molecular complexity index is 661. The van der Waals surface area contributed by atoms with Gasteiger partial charge >= 0.3 is 0 Å². The van der Waals surface area contributed by atoms with E-state index in [1.165, 1.54) is 5.56 Å². The highest BCUT2D eigenvalue weighted by Gasteiger charge is 2.35. The van der Waals surface area contributed by atoms with Crippen LogP contribution in [0.3, 0.4) is 0 Å². The second kappa shape index (κ2) is 5.24. The molecule has 3 N–H and O–H groups in total. The molecule has 0 aromatic heterocycles. The van der Waals surface area contributed by atoms with E-state index < -0.39 is 0 Å². The minimum Gasteiger partial charge on any atom is -0.399 e. The maximum Gasteiger partial charge on any atom is 0.228 e. The van der Waals surface area contributed by atoms with Gasteiger partial charge in [-0.25, -0.2) is 0 Å². The van der Waals surface area contributed by atoms with E-state index in [4.69, 9.17) is 5.73 Å². The summed E-state index contributed by atoms with van der Waals surface area (Å²) in [5, 5.41) is 3.16. The van der Waals surface area contributed by atoms with Crippen LogP contribution in [0.4, 0.5) is 5.69 Å². The number of anilines is 1. The molecule has 1 heterocycles. The highest BCUT2D eigenvalue weighted by Crippen LogP contribution is 2.37. The van der Waals surface area contributed by atoms with Crippen molar-refractivity contribution < 1.29 is 4.79 Å². The number of nitrogens with two attached hydrogens (primary N) is 1. The van der Waals surface area contributed by atoms with E-state index in [-0.39, 0.29) is 23.8 Å². The topological polar surface area (TPSA) is 55.1 Å². The molecule has 0 saturated carbocycles. The van der Waals surface area contributed by atoms with Gasteiger partial charge in [-0.1, -0.05) is 50.2 Å². The minimum atomic E-state index is -0.0932. The third-order valence-electron chi connectivity index (χ3n) is 4.15. The average molecular weight is 280 g/mol. The SMILES string of the molecule is CC(C)[C@@H]1C(=O)N[C@@H](c2ccc(N)cc2)c2ccccc21. The summed E-state index contributed by atoms with van der Waals surface area (Å²) in [7, 11) is 0. The molecule has 0 aliphatic carbocycles. The normalized spacial score (nSPS) is 21.0. The predicted molar refractivity (Wildman–Crippen MR) is 84.9 cm³/mol. The summed E-state index contributed by atoms with van der Waals surface area (Å²) in [4.78, 5) is 12.5. The molecule has 0 radical (unpaired) electrons. The summed E-state index contributed by atoms with van der Waals surface area (Å²) in [6.45, 7) is 4.18. The number of nitrogen functional groups attached to an aromatic ring is 1. The van der Waals surface area contributed by atoms with E-state index >= 15 is 0 Å². The summed E-state index contributed by atoms with van der Waals surface area (Å²) < 4.78 is 0. The van der Waals surface area contributed by atoms with Crippen LogP contribution in [-0.4, -0.2) is 5.91 Å². The van der Waals surface area contributed by atoms with Crippen LogP contribution in [0.25, 0.3) is 0 Å². The first-order valence-electron chi connectivity index (χ1n) is 7.32. The van der Waals surface area contributed by atoms with E-state index in [1.54, 1.807) is 0 Å². The third kappa shape index (κ3) is 2.40. The molecule has 3 nitrogen and oxygen atoms in total. The molecule has 2 aromatic carbocycles. The molecule has 0 fully saturated rings. The Kier molecular flexibility index (Phi) is 3.42. The van der Waals surface area contributed by atoms with Crippen molar-refractivity contribution in [3.05, 3.63) is 65.2 Å². The van der Waals surface area contributed by atoms with Gasteiger partial charge in [0.15, 0.2) is 0 Å². The summed E-state index contributed by atoms with van der Waals surface area (Å²) in [6, 6.07) is 15.8. The Labute approximate surface area is 125 Å². The highest BCUT2D eigenvalue weighted by atomic mass is 16.2. The number of amides is 1. The average Bonchev–Trinajstić information content (AvgIpc) is 2.47. The fourth-order valence-electron chi connectivity index (χ4n) is 3.12. The van der Waals surface area contributed by atoms with Crippen LogP contribution in [0.15, 0.2) is 48.5 Å². The quantitative estimate of drug-likeness (QED) is 0.830. The van der Waals surface area contributed by atoms with Gasteiger partial charge in [0.05, 0.1) is 12.0 Å². The van der Waals surface area contributed by atoms with Crippen molar-refractivity contribution in [1.29, 1.82) is 0 Å². The first-order valence-corrected chi connectivity index (χ1v) is 7.32. The lowest BCUT2D eigenvalue weighted by Crippen LogP contribution is -2.40. The molecule has 108 valence electrons. The summed E-state index contributed by atoms with van der Waals surface area (Å²) in [6.07, 6.45) is 0. The van der Waals surface area contributed by atoms with Crippen molar-refractivity contribution in [3.8, 4) is 0 Å². The number of carbonyl (C=O) groups excluding carboxylic acids is 1. The molecule has 2 aromatic rings. The van der Waals surface area contributed by atoms with E-state index in [0.29, 0.717) is 0 Å². The molecule has 0 bridgehead atoms. The van der Waals surface area contributed by atoms with Gasteiger partial charge in [0.25, 0.3) is 0 Å². The van der Waals surface area contributed by atoms with Crippen molar-refractivity contribution >= 4 is 11.6 Å². The van der Waals surface area contributed by atoms with Gasteiger partial charge < -0.3 is 11.1 Å². The van der Waals surface area contributed by atoms with Gasteiger partial charge in [-0.3, -0.25) is 4.79 Å². The zero-order chi connectivity index (χ0) is 15.0. The van der Waals surface area contributed by atoms with Gasteiger partial charge in [0.2, 0.25) is 5.91 Å². The Morgan fingerprint density at radius 3 is 2.24 bits per heavy atom. The summed E-state index contributed by atoms with van der Waals surface area (Å²) >= 11 is 0. The monoisotopic (exact) mass is 280 g/mol. The molecule has 1 aliphatic rings. The second-order valence-electron chi connectivity index (χ2n) is 5.96. The van der Waals surface area contributed by atoms with Crippen LogP contribution in [0.1, 0.15) is 42.5 Å². The van der Waals surface area contributed by atoms with Crippen molar-refractivity contribution in [2.75, 3.05) is 5.73 Å². The largest absolute Gasteiger partial charge is 0.399 e. The van der Waals surface area contributed by atoms with Crippen molar-refractivity contribution in [1.82, 2.24) is 5.32 Å². The number of nitrogens with one attached hydrogen (secondary N) is 1. The lowest BCUT2D eigenvalue weighted by Gasteiger charge is -2.34. The third-order valence-corrected chi connectivity index (χ3v) is 4.15. The molecule has 0 saturated heterocycles. The lowest BCUT2D eigenvalue weighted by atomic mass is 9.78. The fraction of sp³-hybridized carbons (Fsp3) is 0.278. The first-order chi connectivity index (χ1) is 10.1. The Morgan fingerprint density at radius 2 is 1.62 bits per heavy atom. The van der Waals surface area contributed by atoms with Crippen LogP contribution >= 0.6 is 0 Å². The Balaban J connectivity index is 2.09. The number of fused-ring (bicyclic) bond motifs is 1. The van der Waals surface area contributed by atoms with Gasteiger partial charge in [-0.15, -0.1) is 0 Å². The van der Waals surface area contributed by atoms with Gasteiger partial charge in [0.1, 0.15) is 0 Å². The zero-order valence-corrected chi connectivity index (χ0v) is 12.3. The number of benzene rings is 2. The molecule has 0 unspecified atom stereocenters. The number of rotatable bonds is 2. The molecular weight excluding hydrogens is 260 g/mol. The standard InChI is InChI=1S/C18H20N2O/c1-11(2)16-14-5-3-4-6-15(14)17(20-18(16)21)12-7-9-13(19)10-8-12/h3-11,16-17H,19H2,1-2H3,(H,20,21)/t16-,17-/m0/s1. The maximum absolute atomic E-state index is 12.5. The van der Waals surface area contributed by atoms with E-state index in [0.717, 1.165) is 16.8 Å². The van der Waals surface area contributed by atoms with Gasteiger partial charge in [0, 0.05) is 5.69 Å². The maximum atomic E-state index is 12.5. The predicted octanol–water partition coefficient (Wildman–Crippen LogP) is 3.23. The van der Waals surface area contributed by atoms with Gasteiger partial charge in [-0.2, -0.15) is 0 Å². The van der Waals surface area contributed by atoms with E-state index in [2.05, 4.69) is 31.3 Å². The molecule has 3 rings (SSSR count). The van der Waals surface area contributed by atoms with Crippen LogP contribution in [0.5, 0.6) is 0 Å². The van der Waals surface area contributed by atoms with Crippen molar-refractivity contribution in [2.45, 2.75) is 25.8 Å². The van der Waals surface area contributed by atoms with Crippen LogP contribution in [0, 0.1) is 5.92 Å². The number of hydrogen-bond donors (Lipinski definition) is 2. The Hall–Kier alpha value is -2.29. The number of hydrogen-bond acceptors (Lipinski definition) is 2. The second-order valence-corrected chi connectivity index (χ2v) is 5.96. The summed E-state index contributed by atoms with van der Waals surface area (Å²) in [5.41, 5.74) is 9.86. The van der Waals surface area contributed by atoms with E-state index in [1.807, 2.05) is 36.4 Å². The minimum absolute atomic E-state index is 0.0776. The van der Waals surface area contributed by atoms with Crippen LogP contribution in [0.2, 0.25) is 0 Å². The molecule has 1 amide bonds. The Morgan fingerprint density at radius 1 is 1.00 bits per heavy atom. The molecule has 21 heavy (non-hydrogen) atoms. The lowest BCUT2D eigenvalue weighted by molar-refractivity contribution is -0.124. The van der Waals surface area contributed by atoms with Crippen LogP contribution in [-0.2, 0) is 4.79 Å². The van der Waals surface area contributed by atoms with Crippen molar-refractivity contribution in [2.24, 2.45) is 5.92 Å². The zero-order valence-electron chi connectivity index (χ0n) is 12.3. The molecule has 3 heteroatoms. The molecule has 0 spiro atoms. The molecule has 2 atom stereocenters. The molecular formula is C18H20N2O. The van der Waals surface area contributed by atoms with Crippen molar-refractivity contribution in [3.63, 3.8) is 0 Å². The smallest absolute Gasteiger partial charge is 0.228 e. The van der Waals surface area contributed by atoms with Gasteiger partial charge in [-0.05, 0) is 34.7 Å². The van der Waals surface area contributed by atoms with E-state index in [9.17, 15) is 4.79 Å². The van der Waals surface area contributed by atoms with Crippen LogP contribution < -0.4 is 11.1 Å². The fourth-order valence-corrected chi connectivity index (χ4v) is 3.12. The highest BCUT2D eigenvalue weighted by molar-refractivity contribution is 5.87.